The summed E-state index contributed by atoms with van der Waals surface area (Å²) in [6, 6.07) is 10.9. The lowest BCUT2D eigenvalue weighted by Crippen LogP contribution is -2.12. The molecule has 2 aromatic carbocycles. The lowest BCUT2D eigenvalue weighted by atomic mass is 10.1. The van der Waals surface area contributed by atoms with Crippen LogP contribution in [0.4, 0.5) is 5.69 Å². The molecule has 108 valence electrons. The van der Waals surface area contributed by atoms with Gasteiger partial charge in [-0.05, 0) is 58.4 Å². The molecular weight excluding hydrogens is 338 g/mol. The summed E-state index contributed by atoms with van der Waals surface area (Å²) in [6.45, 7) is 0. The number of methoxy groups -OCH3 is 1. The summed E-state index contributed by atoms with van der Waals surface area (Å²) in [5, 5.41) is 11.5. The van der Waals surface area contributed by atoms with Gasteiger partial charge in [0.1, 0.15) is 5.75 Å². The third kappa shape index (κ3) is 3.61. The lowest BCUT2D eigenvalue weighted by molar-refractivity contribution is 0.0696. The molecule has 6 heteroatoms. The summed E-state index contributed by atoms with van der Waals surface area (Å²) in [5.74, 6) is -0.677. The van der Waals surface area contributed by atoms with Crippen LogP contribution in [0.15, 0.2) is 46.9 Å². The van der Waals surface area contributed by atoms with E-state index >= 15 is 0 Å². The summed E-state index contributed by atoms with van der Waals surface area (Å²) in [4.78, 5) is 22.8. The van der Waals surface area contributed by atoms with Crippen LogP contribution >= 0.6 is 15.9 Å². The van der Waals surface area contributed by atoms with Crippen molar-refractivity contribution in [2.75, 3.05) is 12.4 Å². The SMILES string of the molecule is COc1ccc(NC(=O)c2ccc(C(=O)O)cc2)cc1Br. The molecule has 0 aliphatic carbocycles. The fourth-order valence-corrected chi connectivity index (χ4v) is 2.25. The minimum Gasteiger partial charge on any atom is -0.496 e. The molecule has 0 atom stereocenters. The fraction of sp³-hybridized carbons (Fsp3) is 0.0667. The average Bonchev–Trinajstić information content (AvgIpc) is 2.47. The lowest BCUT2D eigenvalue weighted by Gasteiger charge is -2.08. The Morgan fingerprint density at radius 1 is 1.10 bits per heavy atom. The second kappa shape index (κ2) is 6.41. The fourth-order valence-electron chi connectivity index (χ4n) is 1.71. The van der Waals surface area contributed by atoms with Crippen molar-refractivity contribution in [2.45, 2.75) is 0 Å². The molecule has 0 aliphatic heterocycles. The number of aromatic carboxylic acids is 1. The van der Waals surface area contributed by atoms with Gasteiger partial charge in [-0.25, -0.2) is 4.79 Å². The predicted octanol–water partition coefficient (Wildman–Crippen LogP) is 3.41. The van der Waals surface area contributed by atoms with Gasteiger partial charge in [-0.1, -0.05) is 0 Å². The number of amides is 1. The normalized spacial score (nSPS) is 10.0. The van der Waals surface area contributed by atoms with Gasteiger partial charge in [0.15, 0.2) is 0 Å². The third-order valence-corrected chi connectivity index (χ3v) is 3.42. The molecule has 0 heterocycles. The van der Waals surface area contributed by atoms with Crippen molar-refractivity contribution in [2.24, 2.45) is 0 Å². The minimum atomic E-state index is -1.03. The van der Waals surface area contributed by atoms with Gasteiger partial charge in [-0.3, -0.25) is 4.79 Å². The summed E-state index contributed by atoms with van der Waals surface area (Å²) < 4.78 is 5.84. The summed E-state index contributed by atoms with van der Waals surface area (Å²) in [7, 11) is 1.56. The van der Waals surface area contributed by atoms with Crippen LogP contribution in [0, 0.1) is 0 Å². The molecule has 0 bridgehead atoms. The second-order valence-electron chi connectivity index (χ2n) is 4.19. The Morgan fingerprint density at radius 3 is 2.24 bits per heavy atom. The van der Waals surface area contributed by atoms with Crippen molar-refractivity contribution < 1.29 is 19.4 Å². The Kier molecular flexibility index (Phi) is 4.59. The molecule has 2 N–H and O–H groups in total. The van der Waals surface area contributed by atoms with Gasteiger partial charge in [0.25, 0.3) is 5.91 Å². The first-order valence-electron chi connectivity index (χ1n) is 5.99. The minimum absolute atomic E-state index is 0.138. The van der Waals surface area contributed by atoms with Crippen LogP contribution in [-0.2, 0) is 0 Å². The van der Waals surface area contributed by atoms with Crippen molar-refractivity contribution >= 4 is 33.5 Å². The monoisotopic (exact) mass is 349 g/mol. The van der Waals surface area contributed by atoms with Crippen LogP contribution in [0.3, 0.4) is 0 Å². The van der Waals surface area contributed by atoms with E-state index in [0.717, 1.165) is 4.47 Å². The van der Waals surface area contributed by atoms with Crippen molar-refractivity contribution in [3.63, 3.8) is 0 Å². The molecule has 0 aromatic heterocycles. The molecule has 2 aromatic rings. The van der Waals surface area contributed by atoms with E-state index in [1.807, 2.05) is 0 Å². The molecule has 0 aliphatic rings. The maximum absolute atomic E-state index is 12.1. The van der Waals surface area contributed by atoms with Crippen molar-refractivity contribution in [3.05, 3.63) is 58.1 Å². The maximum atomic E-state index is 12.1. The molecule has 0 unspecified atom stereocenters. The Hall–Kier alpha value is -2.34. The first-order chi connectivity index (χ1) is 10.0. The topological polar surface area (TPSA) is 75.6 Å². The highest BCUT2D eigenvalue weighted by atomic mass is 79.9. The number of ether oxygens (including phenoxy) is 1. The van der Waals surface area contributed by atoms with Crippen LogP contribution in [0.5, 0.6) is 5.75 Å². The molecule has 0 saturated heterocycles. The van der Waals surface area contributed by atoms with E-state index in [9.17, 15) is 9.59 Å². The number of carbonyl (C=O) groups excluding carboxylic acids is 1. The van der Waals surface area contributed by atoms with E-state index in [1.165, 1.54) is 24.3 Å². The quantitative estimate of drug-likeness (QED) is 0.886. The Morgan fingerprint density at radius 2 is 1.71 bits per heavy atom. The highest BCUT2D eigenvalue weighted by Crippen LogP contribution is 2.27. The molecule has 5 nitrogen and oxygen atoms in total. The molecule has 1 amide bonds. The number of rotatable bonds is 4. The molecular formula is C15H12BrNO4. The summed E-state index contributed by atoms with van der Waals surface area (Å²) >= 11 is 3.34. The van der Waals surface area contributed by atoms with Gasteiger partial charge >= 0.3 is 5.97 Å². The molecule has 0 radical (unpaired) electrons. The first kappa shape index (κ1) is 15.1. The predicted molar refractivity (Wildman–Crippen MR) is 82.0 cm³/mol. The van der Waals surface area contributed by atoms with E-state index < -0.39 is 5.97 Å². The van der Waals surface area contributed by atoms with Gasteiger partial charge in [-0.15, -0.1) is 0 Å². The van der Waals surface area contributed by atoms with Gasteiger partial charge < -0.3 is 15.2 Å². The Bertz CT molecular complexity index is 683. The van der Waals surface area contributed by atoms with Crippen molar-refractivity contribution in [3.8, 4) is 5.75 Å². The Labute approximate surface area is 129 Å². The average molecular weight is 350 g/mol. The zero-order valence-corrected chi connectivity index (χ0v) is 12.7. The number of hydrogen-bond donors (Lipinski definition) is 2. The smallest absolute Gasteiger partial charge is 0.335 e. The number of carbonyl (C=O) groups is 2. The van der Waals surface area contributed by atoms with Gasteiger partial charge in [0, 0.05) is 11.3 Å². The summed E-state index contributed by atoms with van der Waals surface area (Å²) in [5.41, 5.74) is 1.13. The second-order valence-corrected chi connectivity index (χ2v) is 5.04. The van der Waals surface area contributed by atoms with Gasteiger partial charge in [-0.2, -0.15) is 0 Å². The number of anilines is 1. The zero-order chi connectivity index (χ0) is 15.4. The van der Waals surface area contributed by atoms with Crippen molar-refractivity contribution in [1.29, 1.82) is 0 Å². The highest BCUT2D eigenvalue weighted by Gasteiger charge is 2.09. The molecule has 0 saturated carbocycles. The standard InChI is InChI=1S/C15H12BrNO4/c1-21-13-7-6-11(8-12(13)16)17-14(18)9-2-4-10(5-3-9)15(19)20/h2-8H,1H3,(H,17,18)(H,19,20). The van der Waals surface area contributed by atoms with E-state index in [-0.39, 0.29) is 11.5 Å². The number of hydrogen-bond acceptors (Lipinski definition) is 3. The van der Waals surface area contributed by atoms with Crippen LogP contribution in [0.1, 0.15) is 20.7 Å². The van der Waals surface area contributed by atoms with Crippen LogP contribution in [-0.4, -0.2) is 24.1 Å². The van der Waals surface area contributed by atoms with Crippen LogP contribution < -0.4 is 10.1 Å². The van der Waals surface area contributed by atoms with Gasteiger partial charge in [0.2, 0.25) is 0 Å². The largest absolute Gasteiger partial charge is 0.496 e. The number of benzene rings is 2. The maximum Gasteiger partial charge on any atom is 0.335 e. The number of halogens is 1. The number of nitrogens with one attached hydrogen (secondary N) is 1. The highest BCUT2D eigenvalue weighted by molar-refractivity contribution is 9.10. The van der Waals surface area contributed by atoms with E-state index in [4.69, 9.17) is 9.84 Å². The number of carboxylic acids is 1. The third-order valence-electron chi connectivity index (χ3n) is 2.80. The van der Waals surface area contributed by atoms with Crippen LogP contribution in [0.2, 0.25) is 0 Å². The molecule has 21 heavy (non-hydrogen) atoms. The van der Waals surface area contributed by atoms with Crippen molar-refractivity contribution in [1.82, 2.24) is 0 Å². The van der Waals surface area contributed by atoms with Gasteiger partial charge in [0.05, 0.1) is 17.1 Å². The molecule has 0 fully saturated rings. The molecule has 0 spiro atoms. The van der Waals surface area contributed by atoms with E-state index in [0.29, 0.717) is 17.0 Å². The van der Waals surface area contributed by atoms with Crippen LogP contribution in [0.25, 0.3) is 0 Å². The molecule has 2 rings (SSSR count). The summed E-state index contributed by atoms with van der Waals surface area (Å²) in [6.07, 6.45) is 0. The Balaban J connectivity index is 2.14. The zero-order valence-electron chi connectivity index (χ0n) is 11.1. The first-order valence-corrected chi connectivity index (χ1v) is 6.79. The van der Waals surface area contributed by atoms with E-state index in [2.05, 4.69) is 21.2 Å². The number of carboxylic acid groups (broad SMARTS) is 1. The van der Waals surface area contributed by atoms with E-state index in [1.54, 1.807) is 25.3 Å².